The van der Waals surface area contributed by atoms with Gasteiger partial charge >= 0.3 is 0 Å². The predicted molar refractivity (Wildman–Crippen MR) is 136 cm³/mol. The predicted octanol–water partition coefficient (Wildman–Crippen LogP) is 5.50. The standard InChI is InChI=1S/C27H26N4O2S/c1-18-12-13-21(15-19(18)2)24-17-34-27(30(24)16-23-11-8-14-33-23)28-25-20(3)29(4)31(26(25)32)22-9-6-5-7-10-22/h5-15,17H,16H2,1-4H3. The molecule has 0 aliphatic rings. The van der Waals surface area contributed by atoms with E-state index in [4.69, 9.17) is 9.41 Å². The molecule has 0 atom stereocenters. The number of rotatable bonds is 5. The summed E-state index contributed by atoms with van der Waals surface area (Å²) < 4.78 is 11.3. The molecule has 0 bridgehead atoms. The molecule has 172 valence electrons. The van der Waals surface area contributed by atoms with Crippen molar-refractivity contribution in [2.24, 2.45) is 12.0 Å². The van der Waals surface area contributed by atoms with Gasteiger partial charge in [0.05, 0.1) is 29.9 Å². The Hall–Kier alpha value is -3.84. The first kappa shape index (κ1) is 22.0. The van der Waals surface area contributed by atoms with Crippen LogP contribution in [-0.4, -0.2) is 13.9 Å². The molecule has 0 saturated heterocycles. The Bertz CT molecular complexity index is 1580. The Balaban J connectivity index is 1.70. The molecule has 0 saturated carbocycles. The van der Waals surface area contributed by atoms with Crippen molar-refractivity contribution in [2.45, 2.75) is 27.3 Å². The van der Waals surface area contributed by atoms with Gasteiger partial charge in [-0.3, -0.25) is 9.48 Å². The highest BCUT2D eigenvalue weighted by atomic mass is 32.1. The van der Waals surface area contributed by atoms with E-state index in [1.165, 1.54) is 22.5 Å². The molecule has 0 aliphatic carbocycles. The van der Waals surface area contributed by atoms with Crippen molar-refractivity contribution in [1.29, 1.82) is 0 Å². The van der Waals surface area contributed by atoms with Crippen molar-refractivity contribution < 1.29 is 4.42 Å². The molecule has 6 nitrogen and oxygen atoms in total. The molecule has 0 fully saturated rings. The maximum atomic E-state index is 13.4. The molecule has 2 aromatic carbocycles. The van der Waals surface area contributed by atoms with Crippen LogP contribution in [-0.2, 0) is 13.6 Å². The summed E-state index contributed by atoms with van der Waals surface area (Å²) in [5.41, 5.74) is 6.55. The van der Waals surface area contributed by atoms with Gasteiger partial charge in [-0.05, 0) is 67.8 Å². The summed E-state index contributed by atoms with van der Waals surface area (Å²) in [7, 11) is 1.88. The van der Waals surface area contributed by atoms with Gasteiger partial charge in [0.2, 0.25) is 0 Å². The zero-order valence-corrected chi connectivity index (χ0v) is 20.5. The average molecular weight is 471 g/mol. The van der Waals surface area contributed by atoms with Crippen LogP contribution in [0.15, 0.2) is 86.5 Å². The Labute approximate surface area is 201 Å². The third-order valence-corrected chi connectivity index (χ3v) is 7.09. The Morgan fingerprint density at radius 1 is 0.971 bits per heavy atom. The van der Waals surface area contributed by atoms with E-state index in [1.807, 2.05) is 61.1 Å². The highest BCUT2D eigenvalue weighted by Gasteiger charge is 2.17. The molecule has 0 unspecified atom stereocenters. The first-order valence-corrected chi connectivity index (χ1v) is 12.0. The van der Waals surface area contributed by atoms with Crippen LogP contribution in [0.5, 0.6) is 0 Å². The quantitative estimate of drug-likeness (QED) is 0.340. The van der Waals surface area contributed by atoms with Crippen molar-refractivity contribution in [2.75, 3.05) is 0 Å². The highest BCUT2D eigenvalue weighted by Crippen LogP contribution is 2.25. The smallest absolute Gasteiger partial charge is 0.297 e. The van der Waals surface area contributed by atoms with Crippen molar-refractivity contribution in [1.82, 2.24) is 13.9 Å². The van der Waals surface area contributed by atoms with E-state index < -0.39 is 0 Å². The summed E-state index contributed by atoms with van der Waals surface area (Å²) >= 11 is 1.52. The number of hydrogen-bond acceptors (Lipinski definition) is 4. The second-order valence-electron chi connectivity index (χ2n) is 8.39. The van der Waals surface area contributed by atoms with Crippen LogP contribution >= 0.6 is 11.3 Å². The summed E-state index contributed by atoms with van der Waals surface area (Å²) in [6, 6.07) is 19.9. The SMILES string of the molecule is Cc1ccc(-c2csc(=Nc3c(C)n(C)n(-c4ccccc4)c3=O)n2Cc2ccco2)cc1C. The van der Waals surface area contributed by atoms with Crippen LogP contribution in [0.25, 0.3) is 16.9 Å². The first-order valence-electron chi connectivity index (χ1n) is 11.1. The second-order valence-corrected chi connectivity index (χ2v) is 9.23. The average Bonchev–Trinajstić information content (AvgIpc) is 3.54. The van der Waals surface area contributed by atoms with E-state index in [0.29, 0.717) is 12.2 Å². The van der Waals surface area contributed by atoms with E-state index >= 15 is 0 Å². The van der Waals surface area contributed by atoms with Gasteiger partial charge in [-0.1, -0.05) is 30.3 Å². The molecule has 0 amide bonds. The number of thiazole rings is 1. The van der Waals surface area contributed by atoms with Gasteiger partial charge in [-0.2, -0.15) is 0 Å². The number of hydrogen-bond donors (Lipinski definition) is 0. The fourth-order valence-corrected chi connectivity index (χ4v) is 4.95. The fourth-order valence-electron chi connectivity index (χ4n) is 4.04. The molecule has 7 heteroatoms. The molecular weight excluding hydrogens is 444 g/mol. The Morgan fingerprint density at radius 2 is 1.76 bits per heavy atom. The third kappa shape index (κ3) is 3.88. The van der Waals surface area contributed by atoms with Crippen LogP contribution in [0.4, 0.5) is 5.69 Å². The van der Waals surface area contributed by atoms with Gasteiger partial charge in [0.15, 0.2) is 10.5 Å². The van der Waals surface area contributed by atoms with E-state index in [1.54, 1.807) is 10.9 Å². The monoisotopic (exact) mass is 470 g/mol. The Kier molecular flexibility index (Phi) is 5.71. The molecule has 5 aromatic rings. The first-order chi connectivity index (χ1) is 16.4. The molecule has 0 N–H and O–H groups in total. The number of aromatic nitrogens is 3. The van der Waals surface area contributed by atoms with Crippen LogP contribution < -0.4 is 10.4 Å². The van der Waals surface area contributed by atoms with Crippen LogP contribution in [0.2, 0.25) is 0 Å². The summed E-state index contributed by atoms with van der Waals surface area (Å²) in [5, 5.41) is 2.10. The molecular formula is C27H26N4O2S. The maximum Gasteiger partial charge on any atom is 0.297 e. The summed E-state index contributed by atoms with van der Waals surface area (Å²) in [5.74, 6) is 0.830. The lowest BCUT2D eigenvalue weighted by Gasteiger charge is -2.09. The van der Waals surface area contributed by atoms with E-state index in [2.05, 4.69) is 42.0 Å². The Morgan fingerprint density at radius 3 is 2.47 bits per heavy atom. The zero-order valence-electron chi connectivity index (χ0n) is 19.6. The normalized spacial score (nSPS) is 11.9. The largest absolute Gasteiger partial charge is 0.467 e. The summed E-state index contributed by atoms with van der Waals surface area (Å²) in [6.45, 7) is 6.68. The number of furan rings is 1. The summed E-state index contributed by atoms with van der Waals surface area (Å²) in [6.07, 6.45) is 1.68. The zero-order chi connectivity index (χ0) is 23.8. The maximum absolute atomic E-state index is 13.4. The van der Waals surface area contributed by atoms with Gasteiger partial charge in [0, 0.05) is 12.4 Å². The number of nitrogens with zero attached hydrogens (tertiary/aromatic N) is 4. The molecule has 5 rings (SSSR count). The summed E-state index contributed by atoms with van der Waals surface area (Å²) in [4.78, 5) is 19.1. The molecule has 0 spiro atoms. The van der Waals surface area contributed by atoms with Crippen molar-refractivity contribution in [3.8, 4) is 16.9 Å². The fraction of sp³-hybridized carbons (Fsp3) is 0.185. The van der Waals surface area contributed by atoms with Crippen LogP contribution in [0.1, 0.15) is 22.6 Å². The van der Waals surface area contributed by atoms with Gasteiger partial charge < -0.3 is 8.98 Å². The highest BCUT2D eigenvalue weighted by molar-refractivity contribution is 7.07. The van der Waals surface area contributed by atoms with Gasteiger partial charge in [0.1, 0.15) is 5.76 Å². The lowest BCUT2D eigenvalue weighted by molar-refractivity contribution is 0.492. The minimum atomic E-state index is -0.142. The minimum absolute atomic E-state index is 0.142. The second kappa shape index (κ2) is 8.83. The van der Waals surface area contributed by atoms with E-state index in [9.17, 15) is 4.79 Å². The molecule has 34 heavy (non-hydrogen) atoms. The van der Waals surface area contributed by atoms with Crippen molar-refractivity contribution in [3.63, 3.8) is 0 Å². The van der Waals surface area contributed by atoms with Crippen LogP contribution in [0, 0.1) is 20.8 Å². The van der Waals surface area contributed by atoms with E-state index in [0.717, 1.165) is 33.2 Å². The molecule has 0 radical (unpaired) electrons. The molecule has 3 aromatic heterocycles. The van der Waals surface area contributed by atoms with Gasteiger partial charge in [-0.25, -0.2) is 9.67 Å². The number of aryl methyl sites for hydroxylation is 2. The lowest BCUT2D eigenvalue weighted by atomic mass is 10.0. The number of para-hydroxylation sites is 1. The van der Waals surface area contributed by atoms with Crippen molar-refractivity contribution >= 4 is 17.0 Å². The van der Waals surface area contributed by atoms with Crippen LogP contribution in [0.3, 0.4) is 0 Å². The van der Waals surface area contributed by atoms with Crippen molar-refractivity contribution in [3.05, 3.63) is 110 Å². The topological polar surface area (TPSA) is 57.4 Å². The molecule has 0 aliphatic heterocycles. The van der Waals surface area contributed by atoms with Gasteiger partial charge in [-0.15, -0.1) is 11.3 Å². The lowest BCUT2D eigenvalue weighted by Crippen LogP contribution is -2.20. The molecule has 3 heterocycles. The minimum Gasteiger partial charge on any atom is -0.467 e. The van der Waals surface area contributed by atoms with Gasteiger partial charge in [0.25, 0.3) is 5.56 Å². The third-order valence-electron chi connectivity index (χ3n) is 6.23. The van der Waals surface area contributed by atoms with E-state index in [-0.39, 0.29) is 5.56 Å². The number of benzene rings is 2.